The molecular weight excluding hydrogens is 436 g/mol. The summed E-state index contributed by atoms with van der Waals surface area (Å²) >= 11 is 1.16. The van der Waals surface area contributed by atoms with Crippen LogP contribution in [0.3, 0.4) is 0 Å². The van der Waals surface area contributed by atoms with Crippen LogP contribution in [0.1, 0.15) is 39.3 Å². The van der Waals surface area contributed by atoms with E-state index in [0.717, 1.165) is 22.5 Å². The Hall–Kier alpha value is -3.78. The van der Waals surface area contributed by atoms with E-state index in [-0.39, 0.29) is 17.4 Å². The van der Waals surface area contributed by atoms with Crippen molar-refractivity contribution >= 4 is 44.7 Å². The maximum atomic E-state index is 13.3. The largest absolute Gasteiger partial charge is 0.324 e. The minimum atomic E-state index is -0.781. The third-order valence-electron chi connectivity index (χ3n) is 5.55. The Morgan fingerprint density at radius 2 is 1.76 bits per heavy atom. The fourth-order valence-electron chi connectivity index (χ4n) is 3.66. The van der Waals surface area contributed by atoms with E-state index >= 15 is 0 Å². The summed E-state index contributed by atoms with van der Waals surface area (Å²) in [6.07, 6.45) is 1.37. The molecule has 7 nitrogen and oxygen atoms in total. The highest BCUT2D eigenvalue weighted by atomic mass is 32.1. The summed E-state index contributed by atoms with van der Waals surface area (Å²) in [5.74, 6) is -0.617. The average Bonchev–Trinajstić information content (AvgIpc) is 3.13. The lowest BCUT2D eigenvalue weighted by atomic mass is 10.1. The van der Waals surface area contributed by atoms with Crippen molar-refractivity contribution in [2.75, 3.05) is 10.6 Å². The van der Waals surface area contributed by atoms with Gasteiger partial charge >= 0.3 is 0 Å². The first kappa shape index (κ1) is 22.4. The van der Waals surface area contributed by atoms with Crippen LogP contribution in [0.5, 0.6) is 0 Å². The van der Waals surface area contributed by atoms with Crippen molar-refractivity contribution in [2.45, 2.75) is 33.7 Å². The number of amides is 2. The van der Waals surface area contributed by atoms with Gasteiger partial charge in [-0.15, -0.1) is 11.3 Å². The zero-order chi connectivity index (χ0) is 23.7. The first-order valence-electron chi connectivity index (χ1n) is 10.5. The van der Waals surface area contributed by atoms with E-state index in [1.807, 2.05) is 50.2 Å². The lowest BCUT2D eigenvalue weighted by molar-refractivity contribution is -0.118. The number of carbonyl (C=O) groups excluding carboxylic acids is 2. The van der Waals surface area contributed by atoms with Gasteiger partial charge in [0, 0.05) is 11.4 Å². The van der Waals surface area contributed by atoms with Crippen LogP contribution in [0.4, 0.5) is 11.4 Å². The number of anilines is 2. The van der Waals surface area contributed by atoms with Crippen LogP contribution in [-0.2, 0) is 4.79 Å². The topological polar surface area (TPSA) is 93.1 Å². The minimum absolute atomic E-state index is 0.298. The molecule has 0 saturated carbocycles. The van der Waals surface area contributed by atoms with Gasteiger partial charge in [0.1, 0.15) is 10.9 Å². The average molecular weight is 461 g/mol. The van der Waals surface area contributed by atoms with Crippen molar-refractivity contribution in [3.05, 3.63) is 86.8 Å². The number of para-hydroxylation sites is 1. The first-order valence-corrected chi connectivity index (χ1v) is 11.3. The number of hydrogen-bond donors (Lipinski definition) is 2. The van der Waals surface area contributed by atoms with Gasteiger partial charge in [-0.2, -0.15) is 0 Å². The second-order valence-corrected chi connectivity index (χ2v) is 9.00. The van der Waals surface area contributed by atoms with Crippen LogP contribution in [-0.4, -0.2) is 21.4 Å². The molecule has 168 valence electrons. The minimum Gasteiger partial charge on any atom is -0.324 e. The molecule has 1 unspecified atom stereocenters. The molecule has 0 fully saturated rings. The van der Waals surface area contributed by atoms with Crippen molar-refractivity contribution in [3.63, 3.8) is 0 Å². The lowest BCUT2D eigenvalue weighted by Gasteiger charge is -2.16. The van der Waals surface area contributed by atoms with E-state index < -0.39 is 6.04 Å². The standard InChI is InChI=1S/C25H24N4O3S/c1-14-10-11-19(15(2)12-14)28-22(30)17(4)29-13-26-24-20(25(29)32)16(3)21(33-24)23(31)27-18-8-6-5-7-9-18/h5-13,17H,1-4H3,(H,27,31)(H,28,30). The molecule has 0 bridgehead atoms. The lowest BCUT2D eigenvalue weighted by Crippen LogP contribution is -2.32. The van der Waals surface area contributed by atoms with Gasteiger partial charge in [0.05, 0.1) is 16.6 Å². The van der Waals surface area contributed by atoms with Crippen molar-refractivity contribution in [1.82, 2.24) is 9.55 Å². The van der Waals surface area contributed by atoms with Crippen LogP contribution in [0.15, 0.2) is 59.7 Å². The normalized spacial score (nSPS) is 11.9. The van der Waals surface area contributed by atoms with E-state index in [9.17, 15) is 14.4 Å². The number of aromatic nitrogens is 2. The molecule has 0 spiro atoms. The number of benzene rings is 2. The van der Waals surface area contributed by atoms with Gasteiger partial charge in [-0.25, -0.2) is 4.98 Å². The summed E-state index contributed by atoms with van der Waals surface area (Å²) in [4.78, 5) is 44.2. The molecule has 0 aliphatic rings. The van der Waals surface area contributed by atoms with Crippen LogP contribution < -0.4 is 16.2 Å². The van der Waals surface area contributed by atoms with E-state index in [1.165, 1.54) is 10.9 Å². The van der Waals surface area contributed by atoms with E-state index in [2.05, 4.69) is 15.6 Å². The Labute approximate surface area is 195 Å². The molecular formula is C25H24N4O3S. The number of nitrogens with zero attached hydrogens (tertiary/aromatic N) is 2. The second-order valence-electron chi connectivity index (χ2n) is 8.00. The fraction of sp³-hybridized carbons (Fsp3) is 0.200. The maximum absolute atomic E-state index is 13.3. The Bertz CT molecular complexity index is 1420. The number of nitrogens with one attached hydrogen (secondary N) is 2. The third kappa shape index (κ3) is 4.42. The highest BCUT2D eigenvalue weighted by molar-refractivity contribution is 7.20. The highest BCUT2D eigenvalue weighted by Gasteiger charge is 2.23. The zero-order valence-corrected chi connectivity index (χ0v) is 19.6. The molecule has 1 atom stereocenters. The molecule has 0 aliphatic heterocycles. The SMILES string of the molecule is Cc1ccc(NC(=O)C(C)n2cnc3sc(C(=O)Nc4ccccc4)c(C)c3c2=O)c(C)c1. The van der Waals surface area contributed by atoms with E-state index in [0.29, 0.717) is 32.0 Å². The molecule has 2 aromatic heterocycles. The smallest absolute Gasteiger partial charge is 0.266 e. The molecule has 4 rings (SSSR count). The summed E-state index contributed by atoms with van der Waals surface area (Å²) < 4.78 is 1.31. The Balaban J connectivity index is 1.63. The molecule has 2 heterocycles. The number of fused-ring (bicyclic) bond motifs is 1. The number of aryl methyl sites for hydroxylation is 3. The van der Waals surface area contributed by atoms with Crippen molar-refractivity contribution < 1.29 is 9.59 Å². The van der Waals surface area contributed by atoms with Crippen molar-refractivity contribution in [2.24, 2.45) is 0 Å². The zero-order valence-electron chi connectivity index (χ0n) is 18.8. The quantitative estimate of drug-likeness (QED) is 0.446. The predicted molar refractivity (Wildman–Crippen MR) is 132 cm³/mol. The number of carbonyl (C=O) groups is 2. The van der Waals surface area contributed by atoms with Gasteiger partial charge in [0.15, 0.2) is 0 Å². The van der Waals surface area contributed by atoms with Crippen LogP contribution in [0.2, 0.25) is 0 Å². The second kappa shape index (κ2) is 8.99. The van der Waals surface area contributed by atoms with E-state index in [4.69, 9.17) is 0 Å². The number of rotatable bonds is 5. The summed E-state index contributed by atoms with van der Waals surface area (Å²) in [5, 5.41) is 6.08. The van der Waals surface area contributed by atoms with Crippen molar-refractivity contribution in [1.29, 1.82) is 0 Å². The molecule has 0 saturated heterocycles. The third-order valence-corrected chi connectivity index (χ3v) is 6.75. The first-order chi connectivity index (χ1) is 15.8. The molecule has 2 amide bonds. The molecule has 8 heteroatoms. The summed E-state index contributed by atoms with van der Waals surface area (Å²) in [6.45, 7) is 7.29. The van der Waals surface area contributed by atoms with Crippen LogP contribution in [0.25, 0.3) is 10.2 Å². The Morgan fingerprint density at radius 3 is 2.45 bits per heavy atom. The fourth-order valence-corrected chi connectivity index (χ4v) is 4.69. The Kier molecular flexibility index (Phi) is 6.11. The van der Waals surface area contributed by atoms with Crippen LogP contribution in [0, 0.1) is 20.8 Å². The van der Waals surface area contributed by atoms with E-state index in [1.54, 1.807) is 26.0 Å². The van der Waals surface area contributed by atoms with Gasteiger partial charge in [-0.3, -0.25) is 19.0 Å². The number of hydrogen-bond acceptors (Lipinski definition) is 5. The highest BCUT2D eigenvalue weighted by Crippen LogP contribution is 2.28. The summed E-state index contributed by atoms with van der Waals surface area (Å²) in [6, 6.07) is 14.1. The number of thiophene rings is 1. The molecule has 0 radical (unpaired) electrons. The Morgan fingerprint density at radius 1 is 1.03 bits per heavy atom. The van der Waals surface area contributed by atoms with Gasteiger partial charge < -0.3 is 10.6 Å². The predicted octanol–water partition coefficient (Wildman–Crippen LogP) is 4.84. The molecule has 4 aromatic rings. The van der Waals surface area contributed by atoms with Gasteiger partial charge in [-0.1, -0.05) is 35.9 Å². The van der Waals surface area contributed by atoms with Crippen LogP contribution >= 0.6 is 11.3 Å². The van der Waals surface area contributed by atoms with Crippen molar-refractivity contribution in [3.8, 4) is 0 Å². The van der Waals surface area contributed by atoms with Gasteiger partial charge in [-0.05, 0) is 57.0 Å². The summed E-state index contributed by atoms with van der Waals surface area (Å²) in [5.41, 5.74) is 3.62. The molecule has 0 aliphatic carbocycles. The summed E-state index contributed by atoms with van der Waals surface area (Å²) in [7, 11) is 0. The molecule has 33 heavy (non-hydrogen) atoms. The van der Waals surface area contributed by atoms with Gasteiger partial charge in [0.2, 0.25) is 5.91 Å². The maximum Gasteiger partial charge on any atom is 0.266 e. The molecule has 2 aromatic carbocycles. The molecule has 2 N–H and O–H groups in total. The van der Waals surface area contributed by atoms with Gasteiger partial charge in [0.25, 0.3) is 11.5 Å². The monoisotopic (exact) mass is 460 g/mol.